The van der Waals surface area contributed by atoms with E-state index >= 15 is 0 Å². The van der Waals surface area contributed by atoms with Gasteiger partial charge in [0.25, 0.3) is 5.91 Å². The normalized spacial score (nSPS) is 14.3. The number of carbonyl (C=O) groups excluding carboxylic acids is 1. The van der Waals surface area contributed by atoms with E-state index in [1.54, 1.807) is 29.2 Å². The van der Waals surface area contributed by atoms with Crippen LogP contribution in [0.5, 0.6) is 5.75 Å². The third-order valence-electron chi connectivity index (χ3n) is 4.84. The highest BCUT2D eigenvalue weighted by Gasteiger charge is 2.30. The fraction of sp³-hybridized carbons (Fsp3) is 0.200. The monoisotopic (exact) mass is 382 g/mol. The van der Waals surface area contributed by atoms with Crippen LogP contribution in [0.2, 0.25) is 0 Å². The molecule has 1 amide bonds. The van der Waals surface area contributed by atoms with Crippen molar-refractivity contribution in [2.24, 2.45) is 0 Å². The third-order valence-corrected chi connectivity index (χ3v) is 4.84. The number of phenolic OH excluding ortho intramolecular Hbond substituents is 1. The zero-order chi connectivity index (χ0) is 19.7. The van der Waals surface area contributed by atoms with Crippen LogP contribution in [0, 0.1) is 5.82 Å². The number of nitrogens with two attached hydrogens (primary N) is 1. The van der Waals surface area contributed by atoms with Crippen LogP contribution in [-0.2, 0) is 0 Å². The summed E-state index contributed by atoms with van der Waals surface area (Å²) in [6, 6.07) is 13.0. The summed E-state index contributed by atoms with van der Waals surface area (Å²) in [5.41, 5.74) is 7.18. The number of aromatic nitrogens is 1. The molecular weight excluding hydrogens is 363 g/mol. The predicted octanol–water partition coefficient (Wildman–Crippen LogP) is 2.73. The number of halogens is 1. The standard InChI is InChI=1S/C20H19FN4O3/c21-16-4-2-1-3-15(16)18-17(19(22)28-23-18)20(27)25-11-9-24(10-12-25)13-5-7-14(26)8-6-13/h1-8,26H,9-12,22H2. The summed E-state index contributed by atoms with van der Waals surface area (Å²) < 4.78 is 19.2. The second kappa shape index (κ2) is 7.22. The summed E-state index contributed by atoms with van der Waals surface area (Å²) in [5, 5.41) is 13.2. The highest BCUT2D eigenvalue weighted by molar-refractivity contribution is 6.03. The van der Waals surface area contributed by atoms with Gasteiger partial charge < -0.3 is 25.2 Å². The smallest absolute Gasteiger partial charge is 0.261 e. The minimum atomic E-state index is -0.498. The van der Waals surface area contributed by atoms with Crippen LogP contribution < -0.4 is 10.6 Å². The Balaban J connectivity index is 1.53. The Morgan fingerprint density at radius 1 is 1.07 bits per heavy atom. The number of hydrogen-bond donors (Lipinski definition) is 2. The maximum absolute atomic E-state index is 14.2. The Labute approximate surface area is 160 Å². The van der Waals surface area contributed by atoms with Crippen molar-refractivity contribution in [1.82, 2.24) is 10.1 Å². The van der Waals surface area contributed by atoms with Gasteiger partial charge in [0.2, 0.25) is 5.88 Å². The van der Waals surface area contributed by atoms with Crippen molar-refractivity contribution in [2.75, 3.05) is 36.8 Å². The van der Waals surface area contributed by atoms with Gasteiger partial charge in [0, 0.05) is 37.4 Å². The first-order valence-corrected chi connectivity index (χ1v) is 8.88. The number of phenols is 1. The van der Waals surface area contributed by atoms with Gasteiger partial charge >= 0.3 is 0 Å². The number of nitrogen functional groups attached to an aromatic ring is 1. The molecule has 2 aromatic carbocycles. The van der Waals surface area contributed by atoms with Gasteiger partial charge in [-0.3, -0.25) is 4.79 Å². The van der Waals surface area contributed by atoms with Crippen LogP contribution in [0.15, 0.2) is 53.1 Å². The molecule has 0 spiro atoms. The van der Waals surface area contributed by atoms with Gasteiger partial charge in [0.1, 0.15) is 22.8 Å². The molecule has 7 nitrogen and oxygen atoms in total. The zero-order valence-electron chi connectivity index (χ0n) is 15.0. The molecule has 0 bridgehead atoms. The molecular formula is C20H19FN4O3. The molecule has 8 heteroatoms. The van der Waals surface area contributed by atoms with Crippen LogP contribution in [0.4, 0.5) is 16.0 Å². The summed E-state index contributed by atoms with van der Waals surface area (Å²) in [5.74, 6) is -0.741. The molecule has 4 rings (SSSR count). The van der Waals surface area contributed by atoms with Gasteiger partial charge in [0.15, 0.2) is 0 Å². The van der Waals surface area contributed by atoms with Crippen LogP contribution in [-0.4, -0.2) is 47.2 Å². The zero-order valence-corrected chi connectivity index (χ0v) is 15.0. The number of nitrogens with zero attached hydrogens (tertiary/aromatic N) is 3. The number of piperazine rings is 1. The Morgan fingerprint density at radius 2 is 1.75 bits per heavy atom. The average Bonchev–Trinajstić information content (AvgIpc) is 3.10. The lowest BCUT2D eigenvalue weighted by molar-refractivity contribution is 0.0748. The van der Waals surface area contributed by atoms with Gasteiger partial charge in [0.05, 0.1) is 0 Å². The van der Waals surface area contributed by atoms with Gasteiger partial charge in [-0.05, 0) is 36.4 Å². The fourth-order valence-electron chi connectivity index (χ4n) is 3.34. The topological polar surface area (TPSA) is 95.8 Å². The second-order valence-electron chi connectivity index (χ2n) is 6.55. The molecule has 3 aromatic rings. The van der Waals surface area contributed by atoms with Crippen molar-refractivity contribution in [2.45, 2.75) is 0 Å². The van der Waals surface area contributed by atoms with Crippen molar-refractivity contribution >= 4 is 17.5 Å². The molecule has 3 N–H and O–H groups in total. The molecule has 0 radical (unpaired) electrons. The van der Waals surface area contributed by atoms with Gasteiger partial charge in [-0.1, -0.05) is 17.3 Å². The Morgan fingerprint density at radius 3 is 2.43 bits per heavy atom. The second-order valence-corrected chi connectivity index (χ2v) is 6.55. The summed E-state index contributed by atoms with van der Waals surface area (Å²) in [4.78, 5) is 16.8. The first-order valence-electron chi connectivity index (χ1n) is 8.88. The molecule has 1 fully saturated rings. The van der Waals surface area contributed by atoms with E-state index in [1.165, 1.54) is 12.1 Å². The number of amides is 1. The number of hydrogen-bond acceptors (Lipinski definition) is 6. The lowest BCUT2D eigenvalue weighted by atomic mass is 10.1. The van der Waals surface area contributed by atoms with Crippen LogP contribution >= 0.6 is 0 Å². The maximum atomic E-state index is 14.2. The minimum absolute atomic E-state index is 0.0863. The molecule has 2 heterocycles. The quantitative estimate of drug-likeness (QED) is 0.723. The van der Waals surface area contributed by atoms with Crippen molar-refractivity contribution in [3.8, 4) is 17.0 Å². The van der Waals surface area contributed by atoms with Crippen molar-refractivity contribution in [3.05, 3.63) is 59.9 Å². The summed E-state index contributed by atoms with van der Waals surface area (Å²) >= 11 is 0. The lowest BCUT2D eigenvalue weighted by Crippen LogP contribution is -2.49. The van der Waals surface area contributed by atoms with Crippen LogP contribution in [0.1, 0.15) is 10.4 Å². The van der Waals surface area contributed by atoms with E-state index in [4.69, 9.17) is 10.3 Å². The van der Waals surface area contributed by atoms with Crippen molar-refractivity contribution in [3.63, 3.8) is 0 Å². The van der Waals surface area contributed by atoms with E-state index in [1.807, 2.05) is 12.1 Å². The Hall–Kier alpha value is -3.55. The van der Waals surface area contributed by atoms with E-state index in [0.717, 1.165) is 5.69 Å². The van der Waals surface area contributed by atoms with Crippen LogP contribution in [0.3, 0.4) is 0 Å². The average molecular weight is 382 g/mol. The Kier molecular flexibility index (Phi) is 4.60. The van der Waals surface area contributed by atoms with Gasteiger partial charge in [-0.25, -0.2) is 4.39 Å². The molecule has 1 aromatic heterocycles. The largest absolute Gasteiger partial charge is 0.508 e. The number of benzene rings is 2. The Bertz CT molecular complexity index is 995. The highest BCUT2D eigenvalue weighted by atomic mass is 19.1. The third kappa shape index (κ3) is 3.24. The summed E-state index contributed by atoms with van der Waals surface area (Å²) in [7, 11) is 0. The molecule has 1 aliphatic rings. The number of rotatable bonds is 3. The molecule has 0 saturated carbocycles. The molecule has 0 aliphatic carbocycles. The molecule has 0 atom stereocenters. The van der Waals surface area contributed by atoms with E-state index in [-0.39, 0.29) is 34.4 Å². The first-order chi connectivity index (χ1) is 13.5. The summed E-state index contributed by atoms with van der Waals surface area (Å²) in [6.07, 6.45) is 0. The lowest BCUT2D eigenvalue weighted by Gasteiger charge is -2.36. The van der Waals surface area contributed by atoms with E-state index in [0.29, 0.717) is 26.2 Å². The van der Waals surface area contributed by atoms with E-state index < -0.39 is 5.82 Å². The molecule has 28 heavy (non-hydrogen) atoms. The molecule has 1 saturated heterocycles. The van der Waals surface area contributed by atoms with Gasteiger partial charge in [-0.15, -0.1) is 0 Å². The fourth-order valence-corrected chi connectivity index (χ4v) is 3.34. The van der Waals surface area contributed by atoms with E-state index in [9.17, 15) is 14.3 Å². The summed E-state index contributed by atoms with van der Waals surface area (Å²) in [6.45, 7) is 2.19. The first kappa shape index (κ1) is 17.8. The van der Waals surface area contributed by atoms with Gasteiger partial charge in [-0.2, -0.15) is 0 Å². The van der Waals surface area contributed by atoms with Crippen molar-refractivity contribution < 1.29 is 18.8 Å². The number of anilines is 2. The minimum Gasteiger partial charge on any atom is -0.508 e. The number of aromatic hydroxyl groups is 1. The predicted molar refractivity (Wildman–Crippen MR) is 103 cm³/mol. The molecule has 0 unspecified atom stereocenters. The highest BCUT2D eigenvalue weighted by Crippen LogP contribution is 2.30. The molecule has 144 valence electrons. The van der Waals surface area contributed by atoms with Crippen molar-refractivity contribution in [1.29, 1.82) is 0 Å². The number of carbonyl (C=O) groups is 1. The SMILES string of the molecule is Nc1onc(-c2ccccc2F)c1C(=O)N1CCN(c2ccc(O)cc2)CC1. The maximum Gasteiger partial charge on any atom is 0.261 e. The van der Waals surface area contributed by atoms with Crippen LogP contribution in [0.25, 0.3) is 11.3 Å². The molecule has 1 aliphatic heterocycles. The van der Waals surface area contributed by atoms with E-state index in [2.05, 4.69) is 10.1 Å².